The maximum atomic E-state index is 10.3. The molecule has 0 aliphatic carbocycles. The number of hydrogen-bond donors (Lipinski definition) is 0. The standard InChI is InChI=1S/C21H20N2O2/c1-24-18-11-16-17(12-19(18)25-2)23-10-6-9-20(23)21(16,14-22)13-15-7-4-3-5-8-15/h3-9,11-12,20H,10,13H2,1-2H3/t20-,21+/m1/s1. The SMILES string of the molecule is COc1cc2c(cc1OC)[C@@](C#N)(Cc1ccccc1)[C@H]1C=CCN21. The lowest BCUT2D eigenvalue weighted by Crippen LogP contribution is -2.41. The van der Waals surface area contributed by atoms with Crippen LogP contribution in [-0.4, -0.2) is 26.8 Å². The van der Waals surface area contributed by atoms with Gasteiger partial charge in [-0.2, -0.15) is 5.26 Å². The van der Waals surface area contributed by atoms with Crippen LogP contribution in [0.2, 0.25) is 0 Å². The molecule has 2 aromatic carbocycles. The summed E-state index contributed by atoms with van der Waals surface area (Å²) < 4.78 is 11.0. The van der Waals surface area contributed by atoms with Crippen molar-refractivity contribution in [2.24, 2.45) is 0 Å². The fourth-order valence-electron chi connectivity index (χ4n) is 4.11. The minimum atomic E-state index is -0.636. The third-order valence-electron chi connectivity index (χ3n) is 5.28. The first-order chi connectivity index (χ1) is 12.2. The molecule has 4 nitrogen and oxygen atoms in total. The first-order valence-electron chi connectivity index (χ1n) is 8.38. The van der Waals surface area contributed by atoms with Crippen LogP contribution in [-0.2, 0) is 11.8 Å². The summed E-state index contributed by atoms with van der Waals surface area (Å²) in [5, 5.41) is 10.3. The van der Waals surface area contributed by atoms with E-state index in [1.165, 1.54) is 0 Å². The van der Waals surface area contributed by atoms with Crippen LogP contribution >= 0.6 is 0 Å². The molecule has 4 heteroatoms. The Morgan fingerprint density at radius 2 is 1.88 bits per heavy atom. The van der Waals surface area contributed by atoms with Gasteiger partial charge in [-0.25, -0.2) is 0 Å². The van der Waals surface area contributed by atoms with Crippen LogP contribution in [0.4, 0.5) is 5.69 Å². The number of ether oxygens (including phenoxy) is 2. The number of rotatable bonds is 4. The zero-order valence-corrected chi connectivity index (χ0v) is 14.4. The topological polar surface area (TPSA) is 45.5 Å². The summed E-state index contributed by atoms with van der Waals surface area (Å²) in [5.74, 6) is 1.36. The van der Waals surface area contributed by atoms with Crippen molar-refractivity contribution in [2.45, 2.75) is 17.9 Å². The Balaban J connectivity index is 1.90. The molecule has 25 heavy (non-hydrogen) atoms. The Morgan fingerprint density at radius 1 is 1.16 bits per heavy atom. The molecule has 126 valence electrons. The van der Waals surface area contributed by atoms with Crippen molar-refractivity contribution in [3.05, 3.63) is 65.7 Å². The molecule has 0 saturated heterocycles. The Bertz CT molecular complexity index is 869. The third-order valence-corrected chi connectivity index (χ3v) is 5.28. The average molecular weight is 332 g/mol. The number of fused-ring (bicyclic) bond motifs is 3. The van der Waals surface area contributed by atoms with Gasteiger partial charge >= 0.3 is 0 Å². The predicted molar refractivity (Wildman–Crippen MR) is 97.3 cm³/mol. The van der Waals surface area contributed by atoms with Crippen molar-refractivity contribution in [1.82, 2.24) is 0 Å². The van der Waals surface area contributed by atoms with E-state index in [1.54, 1.807) is 14.2 Å². The normalized spacial score (nSPS) is 23.1. The molecule has 0 bridgehead atoms. The molecule has 4 rings (SSSR count). The largest absolute Gasteiger partial charge is 0.493 e. The Kier molecular flexibility index (Phi) is 3.65. The Labute approximate surface area is 147 Å². The Hall–Kier alpha value is -2.93. The summed E-state index contributed by atoms with van der Waals surface area (Å²) in [4.78, 5) is 2.28. The van der Waals surface area contributed by atoms with Crippen molar-refractivity contribution in [3.8, 4) is 17.6 Å². The van der Waals surface area contributed by atoms with E-state index in [-0.39, 0.29) is 6.04 Å². The van der Waals surface area contributed by atoms with Crippen molar-refractivity contribution in [2.75, 3.05) is 25.7 Å². The molecular formula is C21H20N2O2. The lowest BCUT2D eigenvalue weighted by molar-refractivity contribution is 0.354. The molecule has 0 aromatic heterocycles. The number of nitriles is 1. The molecule has 0 amide bonds. The van der Waals surface area contributed by atoms with E-state index in [9.17, 15) is 5.26 Å². The van der Waals surface area contributed by atoms with Gasteiger partial charge in [-0.05, 0) is 18.1 Å². The van der Waals surface area contributed by atoms with Gasteiger partial charge in [-0.3, -0.25) is 0 Å². The molecule has 2 atom stereocenters. The Morgan fingerprint density at radius 3 is 2.56 bits per heavy atom. The predicted octanol–water partition coefficient (Wildman–Crippen LogP) is 3.47. The zero-order chi connectivity index (χ0) is 17.4. The summed E-state index contributed by atoms with van der Waals surface area (Å²) in [6.07, 6.45) is 4.96. The quantitative estimate of drug-likeness (QED) is 0.804. The minimum absolute atomic E-state index is 0.0320. The van der Waals surface area contributed by atoms with Gasteiger partial charge in [0.2, 0.25) is 0 Å². The molecule has 0 spiro atoms. The van der Waals surface area contributed by atoms with Crippen LogP contribution in [0.5, 0.6) is 11.5 Å². The molecule has 2 aliphatic rings. The highest BCUT2D eigenvalue weighted by Gasteiger charge is 2.52. The molecule has 0 saturated carbocycles. The maximum absolute atomic E-state index is 10.3. The van der Waals surface area contributed by atoms with Crippen LogP contribution in [0.3, 0.4) is 0 Å². The average Bonchev–Trinajstić information content (AvgIpc) is 3.23. The lowest BCUT2D eigenvalue weighted by atomic mass is 9.73. The molecule has 0 unspecified atom stereocenters. The second kappa shape index (κ2) is 5.86. The molecule has 2 aliphatic heterocycles. The van der Waals surface area contributed by atoms with E-state index in [1.807, 2.05) is 30.3 Å². The van der Waals surface area contributed by atoms with Crippen molar-refractivity contribution >= 4 is 5.69 Å². The van der Waals surface area contributed by atoms with Crippen LogP contribution < -0.4 is 14.4 Å². The second-order valence-electron chi connectivity index (χ2n) is 6.50. The lowest BCUT2D eigenvalue weighted by Gasteiger charge is -2.29. The smallest absolute Gasteiger partial charge is 0.162 e. The highest BCUT2D eigenvalue weighted by atomic mass is 16.5. The number of benzene rings is 2. The zero-order valence-electron chi connectivity index (χ0n) is 14.4. The third kappa shape index (κ3) is 2.20. The molecule has 2 aromatic rings. The van der Waals surface area contributed by atoms with E-state index < -0.39 is 5.41 Å². The fraction of sp³-hybridized carbons (Fsp3) is 0.286. The molecular weight excluding hydrogens is 312 g/mol. The van der Waals surface area contributed by atoms with Gasteiger partial charge in [0.25, 0.3) is 0 Å². The highest BCUT2D eigenvalue weighted by molar-refractivity contribution is 5.74. The first-order valence-corrected chi connectivity index (χ1v) is 8.38. The number of nitrogens with zero attached hydrogens (tertiary/aromatic N) is 2. The highest BCUT2D eigenvalue weighted by Crippen LogP contribution is 2.52. The first kappa shape index (κ1) is 15.6. The van der Waals surface area contributed by atoms with Gasteiger partial charge in [0, 0.05) is 23.9 Å². The van der Waals surface area contributed by atoms with Crippen LogP contribution in [0.15, 0.2) is 54.6 Å². The van der Waals surface area contributed by atoms with E-state index in [4.69, 9.17) is 9.47 Å². The summed E-state index contributed by atoms with van der Waals surface area (Å²) in [6, 6.07) is 16.9. The van der Waals surface area contributed by atoms with Crippen molar-refractivity contribution in [3.63, 3.8) is 0 Å². The van der Waals surface area contributed by atoms with Gasteiger partial charge in [-0.15, -0.1) is 0 Å². The van der Waals surface area contributed by atoms with Crippen LogP contribution in [0.25, 0.3) is 0 Å². The summed E-state index contributed by atoms with van der Waals surface area (Å²) in [6.45, 7) is 0.811. The van der Waals surface area contributed by atoms with Crippen molar-refractivity contribution < 1.29 is 9.47 Å². The number of anilines is 1. The summed E-state index contributed by atoms with van der Waals surface area (Å²) >= 11 is 0. The van der Waals surface area contributed by atoms with Crippen molar-refractivity contribution in [1.29, 1.82) is 5.26 Å². The van der Waals surface area contributed by atoms with Gasteiger partial charge in [0.1, 0.15) is 5.41 Å². The second-order valence-corrected chi connectivity index (χ2v) is 6.50. The summed E-state index contributed by atoms with van der Waals surface area (Å²) in [5.41, 5.74) is 2.60. The monoisotopic (exact) mass is 332 g/mol. The van der Waals surface area contributed by atoms with Gasteiger partial charge in [-0.1, -0.05) is 42.5 Å². The van der Waals surface area contributed by atoms with Gasteiger partial charge in [0.05, 0.1) is 26.3 Å². The molecule has 2 heterocycles. The fourth-order valence-corrected chi connectivity index (χ4v) is 4.11. The van der Waals surface area contributed by atoms with E-state index in [2.05, 4.69) is 35.3 Å². The molecule has 0 fully saturated rings. The number of methoxy groups -OCH3 is 2. The van der Waals surface area contributed by atoms with E-state index >= 15 is 0 Å². The van der Waals surface area contributed by atoms with Gasteiger partial charge in [0.15, 0.2) is 11.5 Å². The summed E-state index contributed by atoms with van der Waals surface area (Å²) in [7, 11) is 3.27. The minimum Gasteiger partial charge on any atom is -0.493 e. The van der Waals surface area contributed by atoms with Gasteiger partial charge < -0.3 is 14.4 Å². The van der Waals surface area contributed by atoms with E-state index in [0.29, 0.717) is 17.9 Å². The van der Waals surface area contributed by atoms with Crippen LogP contribution in [0.1, 0.15) is 11.1 Å². The maximum Gasteiger partial charge on any atom is 0.162 e. The molecule has 0 radical (unpaired) electrons. The van der Waals surface area contributed by atoms with E-state index in [0.717, 1.165) is 23.4 Å². The molecule has 0 N–H and O–H groups in total. The number of hydrogen-bond acceptors (Lipinski definition) is 4. The van der Waals surface area contributed by atoms with Crippen LogP contribution in [0, 0.1) is 11.3 Å².